The third-order valence-electron chi connectivity index (χ3n) is 6.85. The molecule has 0 spiro atoms. The van der Waals surface area contributed by atoms with Crippen molar-refractivity contribution in [1.82, 2.24) is 0 Å². The molecule has 4 heteroatoms. The first-order valence-electron chi connectivity index (χ1n) is 13.7. The molecule has 2 N–H and O–H groups in total. The van der Waals surface area contributed by atoms with Crippen molar-refractivity contribution in [2.45, 2.75) is 115 Å². The van der Waals surface area contributed by atoms with Crippen molar-refractivity contribution in [1.29, 1.82) is 0 Å². The van der Waals surface area contributed by atoms with Gasteiger partial charge in [0.15, 0.2) is 0 Å². The summed E-state index contributed by atoms with van der Waals surface area (Å²) >= 11 is 0. The fraction of sp³-hybridized carbons (Fsp3) is 0.600. The van der Waals surface area contributed by atoms with Gasteiger partial charge in [0.2, 0.25) is 0 Å². The Balaban J connectivity index is 1.70. The van der Waals surface area contributed by atoms with Crippen molar-refractivity contribution in [2.24, 2.45) is 0 Å². The predicted octanol–water partition coefficient (Wildman–Crippen LogP) is 9.42. The largest absolute Gasteiger partial charge is 0.328 e. The fourth-order valence-electron chi connectivity index (χ4n) is 4.91. The lowest BCUT2D eigenvalue weighted by molar-refractivity contribution is 0.0791. The molecule has 0 atom stereocenters. The molecule has 34 heavy (non-hydrogen) atoms. The highest BCUT2D eigenvalue weighted by Gasteiger charge is 2.37. The van der Waals surface area contributed by atoms with Crippen molar-refractivity contribution in [3.8, 4) is 0 Å². The van der Waals surface area contributed by atoms with E-state index in [0.29, 0.717) is 0 Å². The van der Waals surface area contributed by atoms with E-state index in [9.17, 15) is 9.79 Å². The molecule has 2 aromatic rings. The zero-order valence-corrected chi connectivity index (χ0v) is 22.2. The van der Waals surface area contributed by atoms with Gasteiger partial charge in [0.25, 0.3) is 0 Å². The van der Waals surface area contributed by atoms with Crippen LogP contribution in [0.1, 0.15) is 121 Å². The first-order chi connectivity index (χ1) is 16.7. The molecule has 0 fully saturated rings. The maximum atomic E-state index is 9.83. The zero-order valence-electron chi connectivity index (χ0n) is 21.3. The highest BCUT2D eigenvalue weighted by Crippen LogP contribution is 2.46. The van der Waals surface area contributed by atoms with Crippen LogP contribution in [0.3, 0.4) is 0 Å². The summed E-state index contributed by atoms with van der Waals surface area (Å²) in [6, 6.07) is 20.0. The molecular formula is C30H47O3P. The fourth-order valence-corrected chi connectivity index (χ4v) is 5.49. The first kappa shape index (κ1) is 29.0. The van der Waals surface area contributed by atoms with E-state index < -0.39 is 14.2 Å². The minimum atomic E-state index is -2.48. The Hall–Kier alpha value is -1.25. The van der Waals surface area contributed by atoms with Crippen molar-refractivity contribution in [3.05, 3.63) is 71.8 Å². The SMILES string of the molecule is CCCCCCCCCCCCCCCCCC(OP(O)O)(c1ccccc1)c1ccccc1. The van der Waals surface area contributed by atoms with Gasteiger partial charge < -0.3 is 9.79 Å². The molecule has 0 heterocycles. The van der Waals surface area contributed by atoms with E-state index in [4.69, 9.17) is 4.52 Å². The van der Waals surface area contributed by atoms with E-state index in [1.807, 2.05) is 60.7 Å². The summed E-state index contributed by atoms with van der Waals surface area (Å²) < 4.78 is 5.91. The summed E-state index contributed by atoms with van der Waals surface area (Å²) in [5, 5.41) is 0. The minimum absolute atomic E-state index is 0.735. The maximum absolute atomic E-state index is 9.83. The summed E-state index contributed by atoms with van der Waals surface area (Å²) in [4.78, 5) is 19.7. The van der Waals surface area contributed by atoms with Crippen LogP contribution in [0.25, 0.3) is 0 Å². The van der Waals surface area contributed by atoms with Crippen LogP contribution < -0.4 is 0 Å². The van der Waals surface area contributed by atoms with Gasteiger partial charge in [-0.25, -0.2) is 0 Å². The highest BCUT2D eigenvalue weighted by molar-refractivity contribution is 7.39. The lowest BCUT2D eigenvalue weighted by Crippen LogP contribution is -2.29. The third kappa shape index (κ3) is 11.0. The van der Waals surface area contributed by atoms with E-state index in [0.717, 1.165) is 30.4 Å². The average molecular weight is 487 g/mol. The smallest absolute Gasteiger partial charge is 0.328 e. The van der Waals surface area contributed by atoms with Gasteiger partial charge in [-0.15, -0.1) is 0 Å². The summed E-state index contributed by atoms with van der Waals surface area (Å²) in [7, 11) is -2.48. The molecule has 0 saturated carbocycles. The van der Waals surface area contributed by atoms with Crippen molar-refractivity contribution < 1.29 is 14.3 Å². The van der Waals surface area contributed by atoms with Crippen molar-refractivity contribution in [3.63, 3.8) is 0 Å². The lowest BCUT2D eigenvalue weighted by atomic mass is 9.82. The van der Waals surface area contributed by atoms with E-state index in [-0.39, 0.29) is 0 Å². The van der Waals surface area contributed by atoms with Crippen LogP contribution in [0.4, 0.5) is 0 Å². The molecule has 2 aromatic carbocycles. The molecule has 0 bridgehead atoms. The molecule has 3 nitrogen and oxygen atoms in total. The number of benzene rings is 2. The lowest BCUT2D eigenvalue weighted by Gasteiger charge is -2.35. The highest BCUT2D eigenvalue weighted by atomic mass is 31.2. The molecule has 0 aliphatic heterocycles. The van der Waals surface area contributed by atoms with Gasteiger partial charge in [0.1, 0.15) is 5.60 Å². The van der Waals surface area contributed by atoms with Crippen LogP contribution >= 0.6 is 8.60 Å². The van der Waals surface area contributed by atoms with Crippen LogP contribution in [0.15, 0.2) is 60.7 Å². The standard InChI is InChI=1S/C30H47O3P/c1-2-3-4-5-6-7-8-9-10-11-12-13-14-15-22-27-30(33-34(31)32,28-23-18-16-19-24-28)29-25-20-17-21-26-29/h16-21,23-26,31-32H,2-15,22,27H2,1H3. The normalized spacial score (nSPS) is 11.9. The van der Waals surface area contributed by atoms with Gasteiger partial charge in [-0.1, -0.05) is 157 Å². The minimum Gasteiger partial charge on any atom is -0.328 e. The van der Waals surface area contributed by atoms with E-state index in [1.165, 1.54) is 83.5 Å². The second kappa shape index (κ2) is 18.1. The van der Waals surface area contributed by atoms with Crippen molar-refractivity contribution >= 4 is 8.60 Å². The molecule has 0 unspecified atom stereocenters. The Morgan fingerprint density at radius 2 is 0.912 bits per heavy atom. The Kier molecular flexibility index (Phi) is 15.4. The molecule has 0 aliphatic carbocycles. The number of rotatable bonds is 20. The quantitative estimate of drug-likeness (QED) is 0.145. The van der Waals surface area contributed by atoms with Crippen LogP contribution in [0, 0.1) is 0 Å². The predicted molar refractivity (Wildman–Crippen MR) is 146 cm³/mol. The summed E-state index contributed by atoms with van der Waals surface area (Å²) in [5.41, 5.74) is 1.12. The summed E-state index contributed by atoms with van der Waals surface area (Å²) in [6.45, 7) is 2.28. The second-order valence-corrected chi connectivity index (χ2v) is 10.3. The summed E-state index contributed by atoms with van der Waals surface area (Å²) in [5.74, 6) is 0. The summed E-state index contributed by atoms with van der Waals surface area (Å²) in [6.07, 6.45) is 20.7. The van der Waals surface area contributed by atoms with Gasteiger partial charge in [-0.2, -0.15) is 0 Å². The Morgan fingerprint density at radius 1 is 0.559 bits per heavy atom. The van der Waals surface area contributed by atoms with E-state index in [1.54, 1.807) is 0 Å². The van der Waals surface area contributed by atoms with Gasteiger partial charge in [0.05, 0.1) is 0 Å². The molecule has 0 saturated heterocycles. The molecule has 0 aromatic heterocycles. The molecule has 2 rings (SSSR count). The molecule has 0 amide bonds. The van der Waals surface area contributed by atoms with Crippen LogP contribution in [-0.4, -0.2) is 9.79 Å². The Bertz CT molecular complexity index is 681. The monoisotopic (exact) mass is 486 g/mol. The van der Waals surface area contributed by atoms with Gasteiger partial charge >= 0.3 is 8.60 Å². The van der Waals surface area contributed by atoms with Crippen LogP contribution in [0.5, 0.6) is 0 Å². The first-order valence-corrected chi connectivity index (χ1v) is 14.8. The maximum Gasteiger partial charge on any atom is 0.328 e. The number of unbranched alkanes of at least 4 members (excludes halogenated alkanes) is 14. The Morgan fingerprint density at radius 3 is 1.26 bits per heavy atom. The third-order valence-corrected chi connectivity index (χ3v) is 7.33. The van der Waals surface area contributed by atoms with Gasteiger partial charge in [-0.3, -0.25) is 4.52 Å². The van der Waals surface area contributed by atoms with Gasteiger partial charge in [-0.05, 0) is 24.0 Å². The Labute approximate surface area is 210 Å². The van der Waals surface area contributed by atoms with Crippen LogP contribution in [0.2, 0.25) is 0 Å². The molecular weight excluding hydrogens is 439 g/mol. The second-order valence-electron chi connectivity index (χ2n) is 9.60. The zero-order chi connectivity index (χ0) is 24.3. The van der Waals surface area contributed by atoms with E-state index >= 15 is 0 Å². The van der Waals surface area contributed by atoms with Crippen molar-refractivity contribution in [2.75, 3.05) is 0 Å². The average Bonchev–Trinajstić information content (AvgIpc) is 2.86. The molecule has 0 aliphatic rings. The van der Waals surface area contributed by atoms with E-state index in [2.05, 4.69) is 6.92 Å². The number of hydrogen-bond donors (Lipinski definition) is 2. The topological polar surface area (TPSA) is 49.7 Å². The molecule has 0 radical (unpaired) electrons. The molecule has 190 valence electrons. The number of hydrogen-bond acceptors (Lipinski definition) is 3. The van der Waals surface area contributed by atoms with Gasteiger partial charge in [0, 0.05) is 0 Å². The van der Waals surface area contributed by atoms with Crippen LogP contribution in [-0.2, 0) is 10.1 Å².